The fourth-order valence-electron chi connectivity index (χ4n) is 2.63. The van der Waals surface area contributed by atoms with Crippen molar-refractivity contribution in [1.29, 1.82) is 0 Å². The third-order valence-corrected chi connectivity index (χ3v) is 4.48. The molecular weight excluding hydrogens is 327 g/mol. The van der Waals surface area contributed by atoms with Gasteiger partial charge >= 0.3 is 12.0 Å². The molecule has 0 radical (unpaired) electrons. The van der Waals surface area contributed by atoms with Crippen LogP contribution in [0.2, 0.25) is 10.0 Å². The SMILES string of the molecule is O=C(O)CCCNC(=O)NC1(c2c(Cl)cccc2Cl)CCC1. The number of rotatable bonds is 6. The van der Waals surface area contributed by atoms with Crippen LogP contribution in [0.3, 0.4) is 0 Å². The van der Waals surface area contributed by atoms with Gasteiger partial charge in [0, 0.05) is 28.6 Å². The summed E-state index contributed by atoms with van der Waals surface area (Å²) in [6.45, 7) is 0.310. The van der Waals surface area contributed by atoms with Crippen LogP contribution in [0.1, 0.15) is 37.7 Å². The lowest BCUT2D eigenvalue weighted by atomic mass is 9.72. The zero-order valence-electron chi connectivity index (χ0n) is 12.0. The number of hydrogen-bond acceptors (Lipinski definition) is 2. The Morgan fingerprint density at radius 1 is 1.23 bits per heavy atom. The molecule has 22 heavy (non-hydrogen) atoms. The smallest absolute Gasteiger partial charge is 0.315 e. The fourth-order valence-corrected chi connectivity index (χ4v) is 3.39. The number of halogens is 2. The van der Waals surface area contributed by atoms with Gasteiger partial charge < -0.3 is 15.7 Å². The first-order valence-corrected chi connectivity index (χ1v) is 7.92. The minimum atomic E-state index is -0.875. The maximum Gasteiger partial charge on any atom is 0.315 e. The first kappa shape index (κ1) is 16.9. The van der Waals surface area contributed by atoms with E-state index in [0.717, 1.165) is 24.8 Å². The molecule has 5 nitrogen and oxygen atoms in total. The molecule has 1 saturated carbocycles. The Hall–Kier alpha value is -1.46. The molecule has 0 bridgehead atoms. The van der Waals surface area contributed by atoms with E-state index in [0.29, 0.717) is 23.0 Å². The topological polar surface area (TPSA) is 78.4 Å². The van der Waals surface area contributed by atoms with Crippen LogP contribution in [-0.4, -0.2) is 23.7 Å². The van der Waals surface area contributed by atoms with Crippen molar-refractivity contribution >= 4 is 35.2 Å². The molecule has 1 aliphatic carbocycles. The van der Waals surface area contributed by atoms with E-state index in [9.17, 15) is 9.59 Å². The molecule has 0 spiro atoms. The number of urea groups is 1. The molecule has 2 rings (SSSR count). The van der Waals surface area contributed by atoms with E-state index in [4.69, 9.17) is 28.3 Å². The van der Waals surface area contributed by atoms with Gasteiger partial charge in [-0.1, -0.05) is 29.3 Å². The maximum atomic E-state index is 12.0. The Labute approximate surface area is 139 Å². The summed E-state index contributed by atoms with van der Waals surface area (Å²) in [7, 11) is 0. The number of nitrogens with one attached hydrogen (secondary N) is 2. The molecule has 7 heteroatoms. The van der Waals surface area contributed by atoms with E-state index in [1.165, 1.54) is 0 Å². The van der Waals surface area contributed by atoms with Crippen molar-refractivity contribution < 1.29 is 14.7 Å². The van der Waals surface area contributed by atoms with Crippen LogP contribution in [0.4, 0.5) is 4.79 Å². The van der Waals surface area contributed by atoms with Crippen molar-refractivity contribution in [2.45, 2.75) is 37.6 Å². The zero-order valence-corrected chi connectivity index (χ0v) is 13.5. The number of aliphatic carboxylic acids is 1. The average Bonchev–Trinajstić information content (AvgIpc) is 2.40. The molecule has 0 unspecified atom stereocenters. The summed E-state index contributed by atoms with van der Waals surface area (Å²) in [5.74, 6) is -0.875. The van der Waals surface area contributed by atoms with Gasteiger partial charge in [0.25, 0.3) is 0 Å². The van der Waals surface area contributed by atoms with E-state index in [2.05, 4.69) is 10.6 Å². The molecular formula is C15H18Cl2N2O3. The molecule has 120 valence electrons. The lowest BCUT2D eigenvalue weighted by molar-refractivity contribution is -0.137. The number of hydrogen-bond donors (Lipinski definition) is 3. The van der Waals surface area contributed by atoms with Crippen molar-refractivity contribution in [2.24, 2.45) is 0 Å². The molecule has 0 saturated heterocycles. The Morgan fingerprint density at radius 2 is 1.86 bits per heavy atom. The largest absolute Gasteiger partial charge is 0.481 e. The van der Waals surface area contributed by atoms with Crippen LogP contribution in [0.5, 0.6) is 0 Å². The Balaban J connectivity index is 1.99. The molecule has 0 atom stereocenters. The predicted molar refractivity (Wildman–Crippen MR) is 85.4 cm³/mol. The molecule has 0 aliphatic heterocycles. The van der Waals surface area contributed by atoms with Crippen LogP contribution in [0.25, 0.3) is 0 Å². The molecule has 3 N–H and O–H groups in total. The normalized spacial score (nSPS) is 15.7. The third-order valence-electron chi connectivity index (χ3n) is 3.85. The lowest BCUT2D eigenvalue weighted by Crippen LogP contribution is -2.54. The van der Waals surface area contributed by atoms with Gasteiger partial charge in [-0.3, -0.25) is 4.79 Å². The van der Waals surface area contributed by atoms with Crippen LogP contribution in [0.15, 0.2) is 18.2 Å². The Bertz CT molecular complexity index is 554. The van der Waals surface area contributed by atoms with Gasteiger partial charge in [0.05, 0.1) is 5.54 Å². The fraction of sp³-hybridized carbons (Fsp3) is 0.467. The van der Waals surface area contributed by atoms with Gasteiger partial charge in [-0.05, 0) is 37.8 Å². The van der Waals surface area contributed by atoms with Crippen LogP contribution in [0, 0.1) is 0 Å². The van der Waals surface area contributed by atoms with Crippen molar-refractivity contribution in [1.82, 2.24) is 10.6 Å². The summed E-state index contributed by atoms with van der Waals surface area (Å²) in [6.07, 6.45) is 2.96. The summed E-state index contributed by atoms with van der Waals surface area (Å²) >= 11 is 12.5. The average molecular weight is 345 g/mol. The third kappa shape index (κ3) is 3.84. The lowest BCUT2D eigenvalue weighted by Gasteiger charge is -2.43. The van der Waals surface area contributed by atoms with Crippen LogP contribution < -0.4 is 10.6 Å². The highest BCUT2D eigenvalue weighted by Crippen LogP contribution is 2.46. The zero-order chi connectivity index (χ0) is 16.2. The Morgan fingerprint density at radius 3 is 2.36 bits per heavy atom. The molecule has 1 aliphatic rings. The van der Waals surface area contributed by atoms with Crippen molar-refractivity contribution in [3.05, 3.63) is 33.8 Å². The summed E-state index contributed by atoms with van der Waals surface area (Å²) in [6, 6.07) is 4.96. The van der Waals surface area contributed by atoms with Gasteiger partial charge in [-0.2, -0.15) is 0 Å². The quantitative estimate of drug-likeness (QED) is 0.690. The summed E-state index contributed by atoms with van der Waals surface area (Å²) < 4.78 is 0. The van der Waals surface area contributed by atoms with Crippen LogP contribution >= 0.6 is 23.2 Å². The first-order valence-electron chi connectivity index (χ1n) is 7.17. The van der Waals surface area contributed by atoms with E-state index in [1.807, 2.05) is 0 Å². The minimum absolute atomic E-state index is 0.0295. The number of benzene rings is 1. The number of amides is 2. The predicted octanol–water partition coefficient (Wildman–Crippen LogP) is 3.54. The second-order valence-electron chi connectivity index (χ2n) is 5.41. The molecule has 1 aromatic rings. The van der Waals surface area contributed by atoms with Gasteiger partial charge in [-0.15, -0.1) is 0 Å². The molecule has 1 fully saturated rings. The summed E-state index contributed by atoms with van der Waals surface area (Å²) in [4.78, 5) is 22.5. The molecule has 0 aromatic heterocycles. The highest BCUT2D eigenvalue weighted by atomic mass is 35.5. The molecule has 2 amide bonds. The minimum Gasteiger partial charge on any atom is -0.481 e. The molecule has 0 heterocycles. The standard InChI is InChI=1S/C15H18Cl2N2O3/c16-10-4-1-5-11(17)13(10)15(7-3-8-15)19-14(22)18-9-2-6-12(20)21/h1,4-5H,2-3,6-9H2,(H,20,21)(H2,18,19,22). The second kappa shape index (κ2) is 7.20. The number of carbonyl (C=O) groups excluding carboxylic acids is 1. The van der Waals surface area contributed by atoms with E-state index < -0.39 is 11.5 Å². The van der Waals surface area contributed by atoms with Gasteiger partial charge in [0.15, 0.2) is 0 Å². The van der Waals surface area contributed by atoms with Crippen LogP contribution in [-0.2, 0) is 10.3 Å². The highest BCUT2D eigenvalue weighted by molar-refractivity contribution is 6.36. The maximum absolute atomic E-state index is 12.0. The van der Waals surface area contributed by atoms with E-state index >= 15 is 0 Å². The second-order valence-corrected chi connectivity index (χ2v) is 6.22. The van der Waals surface area contributed by atoms with E-state index in [-0.39, 0.29) is 12.5 Å². The summed E-state index contributed by atoms with van der Waals surface area (Å²) in [5, 5.41) is 15.3. The Kier molecular flexibility index (Phi) is 5.53. The number of carboxylic acid groups (broad SMARTS) is 1. The first-order chi connectivity index (χ1) is 10.4. The highest BCUT2D eigenvalue weighted by Gasteiger charge is 2.42. The van der Waals surface area contributed by atoms with Crippen molar-refractivity contribution in [2.75, 3.05) is 6.54 Å². The van der Waals surface area contributed by atoms with Crippen molar-refractivity contribution in [3.63, 3.8) is 0 Å². The van der Waals surface area contributed by atoms with Gasteiger partial charge in [0.1, 0.15) is 0 Å². The van der Waals surface area contributed by atoms with E-state index in [1.54, 1.807) is 18.2 Å². The monoisotopic (exact) mass is 344 g/mol. The van der Waals surface area contributed by atoms with Gasteiger partial charge in [-0.25, -0.2) is 4.79 Å². The molecule has 1 aromatic carbocycles. The summed E-state index contributed by atoms with van der Waals surface area (Å²) in [5.41, 5.74) is 0.219. The number of carbonyl (C=O) groups is 2. The number of carboxylic acids is 1. The van der Waals surface area contributed by atoms with Gasteiger partial charge in [0.2, 0.25) is 0 Å². The van der Waals surface area contributed by atoms with Crippen molar-refractivity contribution in [3.8, 4) is 0 Å².